The average molecular weight is 711 g/mol. The van der Waals surface area contributed by atoms with Crippen LogP contribution in [0.25, 0.3) is 10.9 Å². The first-order valence-electron chi connectivity index (χ1n) is 19.0. The number of carboxylic acid groups (broad SMARTS) is 1. The molecule has 0 radical (unpaired) electrons. The lowest BCUT2D eigenvalue weighted by Crippen LogP contribution is -2.61. The number of rotatable bonds is 18. The predicted octanol–water partition coefficient (Wildman–Crippen LogP) is 6.83. The molecule has 278 valence electrons. The lowest BCUT2D eigenvalue weighted by atomic mass is 9.63. The Bertz CT molecular complexity index is 1850. The highest BCUT2D eigenvalue weighted by Crippen LogP contribution is 2.48. The van der Waals surface area contributed by atoms with E-state index in [2.05, 4.69) is 57.8 Å². The van der Waals surface area contributed by atoms with Crippen LogP contribution in [0.4, 0.5) is 4.79 Å². The number of aliphatic hydroxyl groups excluding tert-OH is 1. The van der Waals surface area contributed by atoms with Crippen LogP contribution in [0.15, 0.2) is 77.6 Å². The normalized spacial score (nSPS) is 20.0. The third-order valence-corrected chi connectivity index (χ3v) is 11.1. The molecule has 0 saturated carbocycles. The second kappa shape index (κ2) is 17.4. The minimum atomic E-state index is -1.01. The Labute approximate surface area is 306 Å². The molecule has 3 saturated heterocycles. The van der Waals surface area contributed by atoms with Crippen LogP contribution < -0.4 is 20.9 Å². The van der Waals surface area contributed by atoms with Crippen molar-refractivity contribution < 1.29 is 24.9 Å². The van der Waals surface area contributed by atoms with Crippen LogP contribution in [0.5, 0.6) is 11.5 Å². The number of H-pyrrole nitrogens is 1. The fourth-order valence-electron chi connectivity index (χ4n) is 8.50. The number of pyridine rings is 1. The number of unbranched alkanes of at least 4 members (excludes halogenated alkanes) is 6. The lowest BCUT2D eigenvalue weighted by molar-refractivity contribution is 0.00715. The Morgan fingerprint density at radius 2 is 1.65 bits per heavy atom. The largest absolute Gasteiger partial charge is 0.506 e. The van der Waals surface area contributed by atoms with Crippen LogP contribution in [-0.2, 0) is 5.54 Å². The lowest BCUT2D eigenvalue weighted by Gasteiger charge is -2.53. The highest BCUT2D eigenvalue weighted by atomic mass is 16.5. The summed E-state index contributed by atoms with van der Waals surface area (Å²) in [6, 6.07) is 22.6. The number of aryl methyl sites for hydroxylation is 1. The van der Waals surface area contributed by atoms with Gasteiger partial charge >= 0.3 is 6.09 Å². The number of aromatic nitrogens is 1. The summed E-state index contributed by atoms with van der Waals surface area (Å²) in [7, 11) is 0. The Hall–Kier alpha value is -4.38. The van der Waals surface area contributed by atoms with Crippen molar-refractivity contribution in [1.82, 2.24) is 20.5 Å². The number of phenols is 1. The van der Waals surface area contributed by atoms with Gasteiger partial charge in [-0.2, -0.15) is 0 Å². The average Bonchev–Trinajstić information content (AvgIpc) is 3.15. The molecule has 3 aliphatic heterocycles. The van der Waals surface area contributed by atoms with Gasteiger partial charge < -0.3 is 40.6 Å². The number of hydrogen-bond donors (Lipinski definition) is 6. The molecule has 7 rings (SSSR count). The molecular weight excluding hydrogens is 656 g/mol. The van der Waals surface area contributed by atoms with E-state index in [0.717, 1.165) is 106 Å². The van der Waals surface area contributed by atoms with Crippen molar-refractivity contribution in [3.63, 3.8) is 0 Å². The Morgan fingerprint density at radius 3 is 2.37 bits per heavy atom. The molecule has 3 aromatic carbocycles. The first kappa shape index (κ1) is 37.4. The zero-order chi connectivity index (χ0) is 36.5. The first-order chi connectivity index (χ1) is 25.2. The van der Waals surface area contributed by atoms with Crippen LogP contribution in [0, 0.1) is 18.8 Å². The van der Waals surface area contributed by atoms with Crippen LogP contribution in [0.2, 0.25) is 0 Å². The topological polar surface area (TPSA) is 147 Å². The summed E-state index contributed by atoms with van der Waals surface area (Å²) in [5, 5.41) is 38.1. The number of aromatic amines is 1. The summed E-state index contributed by atoms with van der Waals surface area (Å²) in [5.74, 6) is 1.32. The molecule has 4 heterocycles. The first-order valence-corrected chi connectivity index (χ1v) is 19.0. The monoisotopic (exact) mass is 710 g/mol. The third-order valence-electron chi connectivity index (χ3n) is 11.1. The van der Waals surface area contributed by atoms with Gasteiger partial charge in [0.2, 0.25) is 5.56 Å². The molecule has 10 nitrogen and oxygen atoms in total. The van der Waals surface area contributed by atoms with Crippen LogP contribution in [0.1, 0.15) is 86.1 Å². The molecule has 0 spiro atoms. The van der Waals surface area contributed by atoms with Gasteiger partial charge in [-0.3, -0.25) is 4.79 Å². The maximum atomic E-state index is 12.5. The molecule has 4 aromatic rings. The SMILES string of the molecule is Cc1cccc(C(NC(=O)O)(c2cccc(OCCCCCCCCCNCC(O)c3ccc(O)c4[nH]c(=O)ccc34)c2)C2CN3CCC2CC3)c1. The highest BCUT2D eigenvalue weighted by molar-refractivity contribution is 5.87. The molecule has 3 atom stereocenters. The quantitative estimate of drug-likeness (QED) is 0.0617. The number of carbonyl (C=O) groups is 1. The fourth-order valence-corrected chi connectivity index (χ4v) is 8.50. The summed E-state index contributed by atoms with van der Waals surface area (Å²) in [6.45, 7) is 6.91. The second-order valence-corrected chi connectivity index (χ2v) is 14.7. The third kappa shape index (κ3) is 8.80. The molecule has 3 unspecified atom stereocenters. The number of aliphatic hydroxyl groups is 1. The van der Waals surface area contributed by atoms with Crippen molar-refractivity contribution >= 4 is 17.0 Å². The maximum Gasteiger partial charge on any atom is 0.405 e. The van der Waals surface area contributed by atoms with E-state index in [0.29, 0.717) is 35.5 Å². The van der Waals surface area contributed by atoms with Crippen molar-refractivity contribution in [1.29, 1.82) is 0 Å². The van der Waals surface area contributed by atoms with Crippen molar-refractivity contribution in [3.8, 4) is 11.5 Å². The molecule has 0 aliphatic carbocycles. The Kier molecular flexibility index (Phi) is 12.5. The van der Waals surface area contributed by atoms with E-state index in [4.69, 9.17) is 4.74 Å². The number of nitrogens with zero attached hydrogens (tertiary/aromatic N) is 1. The summed E-state index contributed by atoms with van der Waals surface area (Å²) in [6.07, 6.45) is 8.05. The summed E-state index contributed by atoms with van der Waals surface area (Å²) >= 11 is 0. The fraction of sp³-hybridized carbons (Fsp3) is 0.476. The summed E-state index contributed by atoms with van der Waals surface area (Å²) < 4.78 is 6.27. The van der Waals surface area contributed by atoms with Crippen LogP contribution in [-0.4, -0.2) is 70.6 Å². The number of amides is 1. The predicted molar refractivity (Wildman–Crippen MR) is 204 cm³/mol. The van der Waals surface area contributed by atoms with E-state index in [9.17, 15) is 24.9 Å². The van der Waals surface area contributed by atoms with Crippen LogP contribution >= 0.6 is 0 Å². The van der Waals surface area contributed by atoms with Gasteiger partial charge in [0.05, 0.1) is 23.8 Å². The van der Waals surface area contributed by atoms with Crippen molar-refractivity contribution in [2.24, 2.45) is 11.8 Å². The zero-order valence-corrected chi connectivity index (χ0v) is 30.3. The van der Waals surface area contributed by atoms with E-state index in [1.54, 1.807) is 12.1 Å². The smallest absolute Gasteiger partial charge is 0.405 e. The van der Waals surface area contributed by atoms with E-state index in [1.807, 2.05) is 18.2 Å². The summed E-state index contributed by atoms with van der Waals surface area (Å²) in [5.41, 5.74) is 2.87. The molecule has 3 fully saturated rings. The number of benzene rings is 3. The van der Waals surface area contributed by atoms with Gasteiger partial charge in [-0.25, -0.2) is 4.79 Å². The number of hydrogen-bond acceptors (Lipinski definition) is 7. The summed E-state index contributed by atoms with van der Waals surface area (Å²) in [4.78, 5) is 29.3. The van der Waals surface area contributed by atoms with Crippen molar-refractivity contribution in [3.05, 3.63) is 105 Å². The van der Waals surface area contributed by atoms with Gasteiger partial charge in [-0.05, 0) is 99.1 Å². The van der Waals surface area contributed by atoms with Gasteiger partial charge in [-0.15, -0.1) is 0 Å². The molecule has 3 aliphatic rings. The number of piperidine rings is 3. The van der Waals surface area contributed by atoms with Gasteiger partial charge in [0.15, 0.2) is 0 Å². The molecule has 2 bridgehead atoms. The highest BCUT2D eigenvalue weighted by Gasteiger charge is 2.51. The van der Waals surface area contributed by atoms with Gasteiger partial charge in [0, 0.05) is 30.5 Å². The molecule has 52 heavy (non-hydrogen) atoms. The zero-order valence-electron chi connectivity index (χ0n) is 30.3. The molecular formula is C42H54N4O6. The number of nitrogens with one attached hydrogen (secondary N) is 3. The van der Waals surface area contributed by atoms with E-state index >= 15 is 0 Å². The van der Waals surface area contributed by atoms with E-state index < -0.39 is 17.7 Å². The standard InChI is InChI=1S/C42H54N4O6/c1-29-11-9-12-31(25-29)42(45-41(50)51,36-28-46-22-19-30(36)20-23-46)32-13-10-14-33(26-32)52-24-8-6-4-2-3-5-7-21-43-27-38(48)34-15-17-37(47)40-35(34)16-18-39(49)44-40/h9-18,25-26,30,36,38,43,45,47-48H,2-8,19-24,27-28H2,1H3,(H,44,49)(H,50,51). The van der Waals surface area contributed by atoms with Crippen molar-refractivity contribution in [2.45, 2.75) is 76.4 Å². The Balaban J connectivity index is 0.937. The molecule has 1 aromatic heterocycles. The number of fused-ring (bicyclic) bond motifs is 4. The molecule has 6 N–H and O–H groups in total. The van der Waals surface area contributed by atoms with Crippen molar-refractivity contribution in [2.75, 3.05) is 39.3 Å². The maximum absolute atomic E-state index is 12.5. The second-order valence-electron chi connectivity index (χ2n) is 14.7. The van der Waals surface area contributed by atoms with Gasteiger partial charge in [0.1, 0.15) is 11.5 Å². The van der Waals surface area contributed by atoms with E-state index in [-0.39, 0.29) is 17.2 Å². The Morgan fingerprint density at radius 1 is 0.942 bits per heavy atom. The number of aromatic hydroxyl groups is 1. The minimum Gasteiger partial charge on any atom is -0.506 e. The van der Waals surface area contributed by atoms with E-state index in [1.165, 1.54) is 12.1 Å². The van der Waals surface area contributed by atoms with Gasteiger partial charge in [0.25, 0.3) is 0 Å². The van der Waals surface area contributed by atoms with Crippen LogP contribution in [0.3, 0.4) is 0 Å². The number of ether oxygens (including phenoxy) is 1. The minimum absolute atomic E-state index is 0.0125. The molecule has 10 heteroatoms. The number of phenolic OH excluding ortho intramolecular Hbond substituents is 1. The van der Waals surface area contributed by atoms with Gasteiger partial charge in [-0.1, -0.05) is 80.1 Å². The molecule has 1 amide bonds.